The summed E-state index contributed by atoms with van der Waals surface area (Å²) in [5, 5.41) is 12.1. The number of nitrogens with zero attached hydrogens (tertiary/aromatic N) is 4. The highest BCUT2D eigenvalue weighted by atomic mass is 79.9. The van der Waals surface area contributed by atoms with Gasteiger partial charge < -0.3 is 10.5 Å². The Morgan fingerprint density at radius 2 is 2.14 bits per heavy atom. The van der Waals surface area contributed by atoms with Gasteiger partial charge in [0, 0.05) is 22.3 Å². The minimum Gasteiger partial charge on any atom is -0.399 e. The lowest BCUT2D eigenvalue weighted by molar-refractivity contribution is 0.0913. The smallest absolute Gasteiger partial charge is 0.183 e. The van der Waals surface area contributed by atoms with E-state index in [4.69, 9.17) is 10.5 Å². The van der Waals surface area contributed by atoms with Crippen LogP contribution in [0.1, 0.15) is 26.8 Å². The molecule has 21 heavy (non-hydrogen) atoms. The Bertz CT molecular complexity index is 599. The van der Waals surface area contributed by atoms with Crippen molar-refractivity contribution in [2.45, 2.75) is 26.8 Å². The zero-order chi connectivity index (χ0) is 15.4. The molecule has 2 aromatic rings. The van der Waals surface area contributed by atoms with E-state index in [0.29, 0.717) is 30.6 Å². The number of hydrogen-bond donors (Lipinski definition) is 1. The average molecular weight is 354 g/mol. The molecule has 1 aromatic heterocycles. The average Bonchev–Trinajstić information content (AvgIpc) is 2.90. The molecule has 0 amide bonds. The molecular weight excluding hydrogens is 334 g/mol. The first-order valence-electron chi connectivity index (χ1n) is 6.95. The Morgan fingerprint density at radius 3 is 2.81 bits per heavy atom. The van der Waals surface area contributed by atoms with Gasteiger partial charge in [0.25, 0.3) is 0 Å². The molecule has 0 saturated heterocycles. The summed E-state index contributed by atoms with van der Waals surface area (Å²) >= 11 is 3.53. The fraction of sp³-hybridized carbons (Fsp3) is 0.500. The molecule has 0 aliphatic heterocycles. The highest BCUT2D eigenvalue weighted by Gasteiger charge is 2.23. The maximum Gasteiger partial charge on any atom is 0.183 e. The highest BCUT2D eigenvalue weighted by Crippen LogP contribution is 2.31. The first-order chi connectivity index (χ1) is 10.0. The number of tetrazole rings is 1. The van der Waals surface area contributed by atoms with Crippen LogP contribution in [0.3, 0.4) is 0 Å². The second-order valence-corrected chi connectivity index (χ2v) is 6.01. The van der Waals surface area contributed by atoms with Crippen molar-refractivity contribution in [2.75, 3.05) is 18.9 Å². The largest absolute Gasteiger partial charge is 0.399 e. The Balaban J connectivity index is 2.43. The second-order valence-electron chi connectivity index (χ2n) is 5.16. The third-order valence-electron chi connectivity index (χ3n) is 3.30. The van der Waals surface area contributed by atoms with Crippen LogP contribution in [0.5, 0.6) is 0 Å². The fourth-order valence-electron chi connectivity index (χ4n) is 2.09. The van der Waals surface area contributed by atoms with Crippen LogP contribution in [0.2, 0.25) is 0 Å². The molecular formula is C14H20BrN5O. The first kappa shape index (κ1) is 15.9. The van der Waals surface area contributed by atoms with Gasteiger partial charge in [-0.3, -0.25) is 0 Å². The van der Waals surface area contributed by atoms with Gasteiger partial charge in [-0.25, -0.2) is 4.68 Å². The van der Waals surface area contributed by atoms with E-state index < -0.39 is 0 Å². The lowest BCUT2D eigenvalue weighted by Crippen LogP contribution is -2.23. The van der Waals surface area contributed by atoms with Crippen molar-refractivity contribution < 1.29 is 4.74 Å². The molecule has 0 fully saturated rings. The summed E-state index contributed by atoms with van der Waals surface area (Å²) in [6, 6.07) is 5.67. The fourth-order valence-corrected chi connectivity index (χ4v) is 2.52. The first-order valence-corrected chi connectivity index (χ1v) is 7.74. The number of benzene rings is 1. The van der Waals surface area contributed by atoms with Crippen LogP contribution in [0, 0.1) is 5.92 Å². The van der Waals surface area contributed by atoms with Crippen molar-refractivity contribution in [3.05, 3.63) is 22.7 Å². The van der Waals surface area contributed by atoms with Gasteiger partial charge in [-0.1, -0.05) is 29.8 Å². The number of nitrogens with two attached hydrogens (primary N) is 1. The minimum absolute atomic E-state index is 0.0725. The molecule has 0 aliphatic rings. The summed E-state index contributed by atoms with van der Waals surface area (Å²) in [4.78, 5) is 0. The quantitative estimate of drug-likeness (QED) is 0.807. The predicted molar refractivity (Wildman–Crippen MR) is 85.7 cm³/mol. The topological polar surface area (TPSA) is 78.8 Å². The molecule has 1 unspecified atom stereocenters. The van der Waals surface area contributed by atoms with Gasteiger partial charge in [0.1, 0.15) is 0 Å². The van der Waals surface area contributed by atoms with Gasteiger partial charge >= 0.3 is 0 Å². The maximum atomic E-state index is 5.88. The zero-order valence-electron chi connectivity index (χ0n) is 12.5. The molecule has 1 heterocycles. The third-order valence-corrected chi connectivity index (χ3v) is 3.99. The lowest BCUT2D eigenvalue weighted by Gasteiger charge is -2.22. The van der Waals surface area contributed by atoms with Crippen LogP contribution >= 0.6 is 15.9 Å². The molecule has 0 radical (unpaired) electrons. The van der Waals surface area contributed by atoms with E-state index in [9.17, 15) is 0 Å². The summed E-state index contributed by atoms with van der Waals surface area (Å²) in [6.45, 7) is 7.48. The number of aromatic nitrogens is 4. The van der Waals surface area contributed by atoms with Gasteiger partial charge in [0.05, 0.1) is 12.6 Å². The van der Waals surface area contributed by atoms with Gasteiger partial charge in [-0.05, 0) is 41.5 Å². The van der Waals surface area contributed by atoms with Crippen molar-refractivity contribution in [3.63, 3.8) is 0 Å². The van der Waals surface area contributed by atoms with Crippen LogP contribution < -0.4 is 5.73 Å². The Labute approximate surface area is 132 Å². The van der Waals surface area contributed by atoms with Gasteiger partial charge in [0.15, 0.2) is 5.82 Å². The number of hydrogen-bond acceptors (Lipinski definition) is 5. The van der Waals surface area contributed by atoms with E-state index >= 15 is 0 Å². The van der Waals surface area contributed by atoms with Gasteiger partial charge in [-0.2, -0.15) is 0 Å². The van der Waals surface area contributed by atoms with E-state index in [1.807, 2.05) is 29.8 Å². The molecule has 0 spiro atoms. The predicted octanol–water partition coefficient (Wildman–Crippen LogP) is 2.92. The lowest BCUT2D eigenvalue weighted by atomic mass is 10.0. The van der Waals surface area contributed by atoms with Crippen molar-refractivity contribution >= 4 is 21.6 Å². The Kier molecular flexibility index (Phi) is 5.30. The third kappa shape index (κ3) is 3.59. The van der Waals surface area contributed by atoms with Gasteiger partial charge in [-0.15, -0.1) is 5.10 Å². The van der Waals surface area contributed by atoms with Crippen molar-refractivity contribution in [2.24, 2.45) is 5.92 Å². The van der Waals surface area contributed by atoms with E-state index in [1.54, 1.807) is 0 Å². The van der Waals surface area contributed by atoms with Crippen molar-refractivity contribution in [1.29, 1.82) is 0 Å². The van der Waals surface area contributed by atoms with E-state index in [0.717, 1.165) is 10.0 Å². The number of halogens is 1. The number of ether oxygens (including phenoxy) is 1. The van der Waals surface area contributed by atoms with Crippen LogP contribution in [0.25, 0.3) is 11.4 Å². The number of rotatable bonds is 6. The Morgan fingerprint density at radius 1 is 1.38 bits per heavy atom. The number of nitrogen functional groups attached to an aromatic ring is 1. The van der Waals surface area contributed by atoms with Crippen LogP contribution in [0.15, 0.2) is 22.7 Å². The monoisotopic (exact) mass is 353 g/mol. The van der Waals surface area contributed by atoms with E-state index in [1.165, 1.54) is 0 Å². The second kappa shape index (κ2) is 7.00. The minimum atomic E-state index is 0.0725. The SMILES string of the molecule is CCOCC(C(C)C)n1nnnc1-c1cc(N)ccc1Br. The van der Waals surface area contributed by atoms with Crippen LogP contribution in [0.4, 0.5) is 5.69 Å². The van der Waals surface area contributed by atoms with Gasteiger partial charge in [0.2, 0.25) is 0 Å². The molecule has 1 atom stereocenters. The van der Waals surface area contributed by atoms with Crippen LogP contribution in [-0.2, 0) is 4.74 Å². The molecule has 6 nitrogen and oxygen atoms in total. The molecule has 2 N–H and O–H groups in total. The molecule has 0 saturated carbocycles. The molecule has 0 aliphatic carbocycles. The van der Waals surface area contributed by atoms with E-state index in [2.05, 4.69) is 45.3 Å². The summed E-state index contributed by atoms with van der Waals surface area (Å²) < 4.78 is 8.30. The van der Waals surface area contributed by atoms with E-state index in [-0.39, 0.29) is 6.04 Å². The molecule has 114 valence electrons. The molecule has 1 aromatic carbocycles. The summed E-state index contributed by atoms with van der Waals surface area (Å²) in [7, 11) is 0. The molecule has 0 bridgehead atoms. The number of anilines is 1. The highest BCUT2D eigenvalue weighted by molar-refractivity contribution is 9.10. The molecule has 2 rings (SSSR count). The summed E-state index contributed by atoms with van der Waals surface area (Å²) in [5.41, 5.74) is 7.43. The maximum absolute atomic E-state index is 5.88. The standard InChI is InChI=1S/C14H20BrN5O/c1-4-21-8-13(9(2)3)20-14(17-18-19-20)11-7-10(16)5-6-12(11)15/h5-7,9,13H,4,8,16H2,1-3H3. The molecule has 7 heteroatoms. The summed E-state index contributed by atoms with van der Waals surface area (Å²) in [5.74, 6) is 1.03. The van der Waals surface area contributed by atoms with Crippen molar-refractivity contribution in [1.82, 2.24) is 20.2 Å². The summed E-state index contributed by atoms with van der Waals surface area (Å²) in [6.07, 6.45) is 0. The normalized spacial score (nSPS) is 12.8. The Hall–Kier alpha value is -1.47. The van der Waals surface area contributed by atoms with Crippen LogP contribution in [-0.4, -0.2) is 33.4 Å². The zero-order valence-corrected chi connectivity index (χ0v) is 14.0. The van der Waals surface area contributed by atoms with Crippen molar-refractivity contribution in [3.8, 4) is 11.4 Å².